The summed E-state index contributed by atoms with van der Waals surface area (Å²) in [6, 6.07) is 14.6. The number of carbonyl (C=O) groups is 1. The number of carboxylic acid groups (broad SMARTS) is 1. The molecule has 0 aliphatic rings. The minimum absolute atomic E-state index is 0.0408. The molecule has 34 heavy (non-hydrogen) atoms. The van der Waals surface area contributed by atoms with E-state index in [0.717, 1.165) is 12.1 Å². The number of hydrogen-bond donors (Lipinski definition) is 2. The Morgan fingerprint density at radius 1 is 1.09 bits per heavy atom. The summed E-state index contributed by atoms with van der Waals surface area (Å²) in [6.07, 6.45) is 2.92. The zero-order valence-corrected chi connectivity index (χ0v) is 17.2. The quantitative estimate of drug-likeness (QED) is 0.229. The number of anilines is 1. The normalized spacial score (nSPS) is 11.0. The lowest BCUT2D eigenvalue weighted by Gasteiger charge is -2.03. The van der Waals surface area contributed by atoms with Crippen molar-refractivity contribution in [2.75, 3.05) is 5.43 Å². The average Bonchev–Trinajstić information content (AvgIpc) is 3.23. The van der Waals surface area contributed by atoms with Gasteiger partial charge in [0.05, 0.1) is 28.1 Å². The second-order valence-corrected chi connectivity index (χ2v) is 7.03. The highest BCUT2D eigenvalue weighted by molar-refractivity contribution is 5.89. The summed E-state index contributed by atoms with van der Waals surface area (Å²) in [4.78, 5) is 21.3. The molecule has 3 aromatic carbocycles. The van der Waals surface area contributed by atoms with Crippen molar-refractivity contribution >= 4 is 23.6 Å². The highest BCUT2D eigenvalue weighted by Crippen LogP contribution is 2.26. The first kappa shape index (κ1) is 22.3. The van der Waals surface area contributed by atoms with Crippen LogP contribution in [-0.4, -0.2) is 32.0 Å². The number of halogens is 2. The Morgan fingerprint density at radius 2 is 1.79 bits per heavy atom. The molecular weight excluding hydrogens is 448 g/mol. The third kappa shape index (κ3) is 4.78. The van der Waals surface area contributed by atoms with Crippen molar-refractivity contribution in [1.29, 1.82) is 0 Å². The number of hydrazone groups is 1. The fourth-order valence-electron chi connectivity index (χ4n) is 3.10. The van der Waals surface area contributed by atoms with Gasteiger partial charge >= 0.3 is 5.97 Å². The molecule has 0 saturated carbocycles. The van der Waals surface area contributed by atoms with Crippen LogP contribution in [0.1, 0.15) is 15.9 Å². The summed E-state index contributed by atoms with van der Waals surface area (Å²) in [6.45, 7) is 0. The molecule has 0 fully saturated rings. The molecule has 1 aromatic heterocycles. The molecule has 4 aromatic rings. The van der Waals surface area contributed by atoms with E-state index in [9.17, 15) is 23.7 Å². The van der Waals surface area contributed by atoms with Crippen LogP contribution in [0.2, 0.25) is 0 Å². The Hall–Kier alpha value is -4.93. The van der Waals surface area contributed by atoms with Gasteiger partial charge in [-0.3, -0.25) is 15.5 Å². The van der Waals surface area contributed by atoms with Gasteiger partial charge in [0.1, 0.15) is 17.3 Å². The van der Waals surface area contributed by atoms with Crippen molar-refractivity contribution in [3.05, 3.63) is 106 Å². The number of benzene rings is 3. The predicted molar refractivity (Wildman–Crippen MR) is 120 cm³/mol. The number of hydrogen-bond acceptors (Lipinski definition) is 6. The molecule has 0 bridgehead atoms. The van der Waals surface area contributed by atoms with E-state index in [0.29, 0.717) is 16.9 Å². The Kier molecular flexibility index (Phi) is 6.08. The van der Waals surface area contributed by atoms with Gasteiger partial charge in [0.25, 0.3) is 5.69 Å². The summed E-state index contributed by atoms with van der Waals surface area (Å²) >= 11 is 0. The van der Waals surface area contributed by atoms with Crippen molar-refractivity contribution in [1.82, 2.24) is 9.78 Å². The van der Waals surface area contributed by atoms with Crippen LogP contribution in [0.4, 0.5) is 20.2 Å². The van der Waals surface area contributed by atoms with Crippen LogP contribution >= 0.6 is 0 Å². The van der Waals surface area contributed by atoms with Crippen LogP contribution in [0.5, 0.6) is 0 Å². The van der Waals surface area contributed by atoms with E-state index in [1.807, 2.05) is 0 Å². The molecule has 4 rings (SSSR count). The lowest BCUT2D eigenvalue weighted by Crippen LogP contribution is -1.99. The molecule has 9 nitrogen and oxygen atoms in total. The van der Waals surface area contributed by atoms with Gasteiger partial charge in [-0.1, -0.05) is 0 Å². The number of aromatic nitrogens is 2. The number of nitrogens with one attached hydrogen (secondary N) is 1. The zero-order valence-electron chi connectivity index (χ0n) is 17.2. The lowest BCUT2D eigenvalue weighted by atomic mass is 10.1. The third-order valence-corrected chi connectivity index (χ3v) is 4.78. The van der Waals surface area contributed by atoms with Crippen LogP contribution < -0.4 is 5.43 Å². The molecule has 0 radical (unpaired) electrons. The van der Waals surface area contributed by atoms with E-state index < -0.39 is 22.5 Å². The van der Waals surface area contributed by atoms with Crippen LogP contribution in [0.15, 0.2) is 78.0 Å². The van der Waals surface area contributed by atoms with Crippen LogP contribution in [-0.2, 0) is 0 Å². The van der Waals surface area contributed by atoms with Gasteiger partial charge in [0, 0.05) is 35.5 Å². The minimum atomic E-state index is -1.08. The van der Waals surface area contributed by atoms with Gasteiger partial charge in [0.15, 0.2) is 0 Å². The highest BCUT2D eigenvalue weighted by atomic mass is 19.1. The molecule has 0 atom stereocenters. The maximum atomic E-state index is 14.5. The molecule has 0 saturated heterocycles. The van der Waals surface area contributed by atoms with Crippen molar-refractivity contribution in [2.24, 2.45) is 5.10 Å². The van der Waals surface area contributed by atoms with Gasteiger partial charge in [-0.05, 0) is 48.5 Å². The molecule has 0 aliphatic carbocycles. The smallest absolute Gasteiger partial charge is 0.335 e. The van der Waals surface area contributed by atoms with E-state index in [1.54, 1.807) is 6.20 Å². The Bertz CT molecular complexity index is 1400. The first-order chi connectivity index (χ1) is 16.3. The van der Waals surface area contributed by atoms with E-state index in [-0.39, 0.29) is 22.5 Å². The molecule has 0 unspecified atom stereocenters. The van der Waals surface area contributed by atoms with Crippen LogP contribution in [0.3, 0.4) is 0 Å². The SMILES string of the molecule is O=C(O)c1ccc(-n2cc(/C=N/Nc3ccc([N+](=O)[O-])cc3)c(-c3ccc(F)cc3F)n2)cc1. The summed E-state index contributed by atoms with van der Waals surface area (Å²) < 4.78 is 29.3. The average molecular weight is 463 g/mol. The minimum Gasteiger partial charge on any atom is -0.478 e. The predicted octanol–water partition coefficient (Wildman–Crippen LogP) is 4.87. The molecular formula is C23H15F2N5O4. The maximum absolute atomic E-state index is 14.5. The standard InChI is InChI=1S/C23H15F2N5O4/c24-16-3-10-20(21(25)11-16)22-15(12-26-27-17-4-8-19(9-5-17)30(33)34)13-29(28-22)18-6-1-14(2-7-18)23(31)32/h1-13,27H,(H,31,32)/b26-12+. The van der Waals surface area contributed by atoms with Gasteiger partial charge in [-0.25, -0.2) is 18.3 Å². The number of nitro groups is 1. The number of rotatable bonds is 7. The van der Waals surface area contributed by atoms with Gasteiger partial charge in [-0.2, -0.15) is 10.2 Å². The van der Waals surface area contributed by atoms with Gasteiger partial charge in [0.2, 0.25) is 0 Å². The number of nitro benzene ring substituents is 1. The summed E-state index contributed by atoms with van der Waals surface area (Å²) in [5.41, 5.74) is 4.33. The van der Waals surface area contributed by atoms with Crippen LogP contribution in [0.25, 0.3) is 16.9 Å². The molecule has 0 amide bonds. The molecule has 11 heteroatoms. The van der Waals surface area contributed by atoms with Crippen molar-refractivity contribution in [3.63, 3.8) is 0 Å². The monoisotopic (exact) mass is 463 g/mol. The zero-order chi connectivity index (χ0) is 24.2. The Balaban J connectivity index is 1.68. The molecule has 170 valence electrons. The molecule has 0 aliphatic heterocycles. The first-order valence-electron chi connectivity index (χ1n) is 9.74. The number of non-ortho nitro benzene ring substituents is 1. The molecule has 2 N–H and O–H groups in total. The highest BCUT2D eigenvalue weighted by Gasteiger charge is 2.16. The first-order valence-corrected chi connectivity index (χ1v) is 9.74. The van der Waals surface area contributed by atoms with Crippen molar-refractivity contribution in [2.45, 2.75) is 0 Å². The number of aromatic carboxylic acids is 1. The lowest BCUT2D eigenvalue weighted by molar-refractivity contribution is -0.384. The van der Waals surface area contributed by atoms with E-state index in [2.05, 4.69) is 15.6 Å². The molecule has 0 spiro atoms. The van der Waals surface area contributed by atoms with Crippen molar-refractivity contribution in [3.8, 4) is 16.9 Å². The van der Waals surface area contributed by atoms with Gasteiger partial charge < -0.3 is 5.11 Å². The Morgan fingerprint density at radius 3 is 2.41 bits per heavy atom. The van der Waals surface area contributed by atoms with Crippen molar-refractivity contribution < 1.29 is 23.6 Å². The summed E-state index contributed by atoms with van der Waals surface area (Å²) in [7, 11) is 0. The topological polar surface area (TPSA) is 123 Å². The number of carboxylic acids is 1. The Labute approximate surface area is 190 Å². The summed E-state index contributed by atoms with van der Waals surface area (Å²) in [5, 5.41) is 28.3. The molecule has 1 heterocycles. The summed E-state index contributed by atoms with van der Waals surface area (Å²) in [5.74, 6) is -2.63. The van der Waals surface area contributed by atoms with E-state index in [4.69, 9.17) is 5.11 Å². The second-order valence-electron chi connectivity index (χ2n) is 7.03. The van der Waals surface area contributed by atoms with Crippen LogP contribution in [0, 0.1) is 21.7 Å². The third-order valence-electron chi connectivity index (χ3n) is 4.78. The second kappa shape index (κ2) is 9.28. The maximum Gasteiger partial charge on any atom is 0.335 e. The fraction of sp³-hybridized carbons (Fsp3) is 0. The van der Waals surface area contributed by atoms with Gasteiger partial charge in [-0.15, -0.1) is 0 Å². The number of nitrogens with zero attached hydrogens (tertiary/aromatic N) is 4. The van der Waals surface area contributed by atoms with E-state index >= 15 is 0 Å². The largest absolute Gasteiger partial charge is 0.478 e. The van der Waals surface area contributed by atoms with E-state index in [1.165, 1.54) is 65.5 Å². The fourth-order valence-corrected chi connectivity index (χ4v) is 3.10.